The van der Waals surface area contributed by atoms with Gasteiger partial charge in [0.2, 0.25) is 0 Å². The maximum Gasteiger partial charge on any atom is 0.153 e. The van der Waals surface area contributed by atoms with Crippen LogP contribution in [0.4, 0.5) is 0 Å². The first-order chi connectivity index (χ1) is 5.29. The van der Waals surface area contributed by atoms with Gasteiger partial charge in [0.25, 0.3) is 0 Å². The summed E-state index contributed by atoms with van der Waals surface area (Å²) < 4.78 is 5.30. The summed E-state index contributed by atoms with van der Waals surface area (Å²) in [7, 11) is 0. The lowest BCUT2D eigenvalue weighted by Gasteiger charge is -2.32. The van der Waals surface area contributed by atoms with Gasteiger partial charge in [-0.2, -0.15) is 0 Å². The third-order valence-electron chi connectivity index (χ3n) is 1.92. The van der Waals surface area contributed by atoms with Crippen LogP contribution in [0.15, 0.2) is 24.3 Å². The molecule has 0 aromatic heterocycles. The minimum absolute atomic E-state index is 0.105. The molecule has 0 amide bonds. The molecule has 2 nitrogen and oxygen atoms in total. The standard InChI is InChI=1S/C9H10O2/c1-6(10)9-7-4-2-3-5-8(7)11-9/h2-6,9-10H,1H3. The second-order valence-corrected chi connectivity index (χ2v) is 2.82. The van der Waals surface area contributed by atoms with Crippen LogP contribution >= 0.6 is 0 Å². The summed E-state index contributed by atoms with van der Waals surface area (Å²) in [5.74, 6) is 0.901. The molecule has 0 aliphatic carbocycles. The molecule has 1 aromatic rings. The smallest absolute Gasteiger partial charge is 0.153 e. The van der Waals surface area contributed by atoms with Gasteiger partial charge < -0.3 is 9.84 Å². The fourth-order valence-corrected chi connectivity index (χ4v) is 1.32. The molecule has 1 N–H and O–H groups in total. The molecule has 1 aromatic carbocycles. The van der Waals surface area contributed by atoms with E-state index in [0.29, 0.717) is 0 Å². The summed E-state index contributed by atoms with van der Waals surface area (Å²) >= 11 is 0. The van der Waals surface area contributed by atoms with Gasteiger partial charge in [-0.25, -0.2) is 0 Å². The maximum atomic E-state index is 9.19. The monoisotopic (exact) mass is 150 g/mol. The minimum Gasteiger partial charge on any atom is -0.482 e. The maximum absolute atomic E-state index is 9.19. The molecular weight excluding hydrogens is 140 g/mol. The lowest BCUT2D eigenvalue weighted by atomic mass is 9.99. The van der Waals surface area contributed by atoms with Crippen molar-refractivity contribution in [2.75, 3.05) is 0 Å². The molecule has 2 heteroatoms. The van der Waals surface area contributed by atoms with E-state index in [4.69, 9.17) is 4.74 Å². The zero-order valence-corrected chi connectivity index (χ0v) is 6.32. The van der Waals surface area contributed by atoms with Crippen molar-refractivity contribution in [1.29, 1.82) is 0 Å². The third kappa shape index (κ3) is 0.906. The van der Waals surface area contributed by atoms with Crippen LogP contribution in [0.2, 0.25) is 0 Å². The summed E-state index contributed by atoms with van der Waals surface area (Å²) in [5, 5.41) is 9.19. The van der Waals surface area contributed by atoms with Gasteiger partial charge in [0.15, 0.2) is 6.10 Å². The van der Waals surface area contributed by atoms with E-state index in [2.05, 4.69) is 0 Å². The molecule has 1 aliphatic heterocycles. The Labute approximate surface area is 65.4 Å². The highest BCUT2D eigenvalue weighted by atomic mass is 16.5. The Balaban J connectivity index is 2.29. The van der Waals surface area contributed by atoms with E-state index in [1.54, 1.807) is 6.92 Å². The van der Waals surface area contributed by atoms with Crippen molar-refractivity contribution < 1.29 is 9.84 Å². The van der Waals surface area contributed by atoms with Crippen molar-refractivity contribution in [2.24, 2.45) is 0 Å². The Kier molecular flexibility index (Phi) is 1.36. The molecule has 58 valence electrons. The third-order valence-corrected chi connectivity index (χ3v) is 1.92. The molecular formula is C9H10O2. The Morgan fingerprint density at radius 2 is 2.18 bits per heavy atom. The van der Waals surface area contributed by atoms with Crippen LogP contribution in [0.3, 0.4) is 0 Å². The first-order valence-corrected chi connectivity index (χ1v) is 3.72. The summed E-state index contributed by atoms with van der Waals surface area (Å²) in [6.45, 7) is 1.74. The van der Waals surface area contributed by atoms with Gasteiger partial charge in [-0.05, 0) is 13.0 Å². The molecule has 1 aliphatic rings. The summed E-state index contributed by atoms with van der Waals surface area (Å²) in [5.41, 5.74) is 1.11. The number of aliphatic hydroxyl groups excluding tert-OH is 1. The first-order valence-electron chi connectivity index (χ1n) is 3.72. The predicted octanol–water partition coefficient (Wildman–Crippen LogP) is 1.50. The Hall–Kier alpha value is -1.02. The van der Waals surface area contributed by atoms with Gasteiger partial charge in [-0.3, -0.25) is 0 Å². The van der Waals surface area contributed by atoms with Gasteiger partial charge in [-0.1, -0.05) is 18.2 Å². The number of para-hydroxylation sites is 1. The highest BCUT2D eigenvalue weighted by Crippen LogP contribution is 2.40. The molecule has 0 saturated carbocycles. The average Bonchev–Trinajstić information content (AvgIpc) is 1.90. The first kappa shape index (κ1) is 6.68. The van der Waals surface area contributed by atoms with E-state index >= 15 is 0 Å². The topological polar surface area (TPSA) is 29.5 Å². The SMILES string of the molecule is CC(O)C1Oc2ccccc21. The molecule has 1 heterocycles. The van der Waals surface area contributed by atoms with E-state index in [9.17, 15) is 5.11 Å². The second kappa shape index (κ2) is 2.24. The van der Waals surface area contributed by atoms with E-state index in [-0.39, 0.29) is 6.10 Å². The molecule has 0 radical (unpaired) electrons. The van der Waals surface area contributed by atoms with Crippen LogP contribution in [-0.2, 0) is 0 Å². The number of benzene rings is 1. The molecule has 2 atom stereocenters. The fraction of sp³-hybridized carbons (Fsp3) is 0.333. The summed E-state index contributed by atoms with van der Waals surface area (Å²) in [6.07, 6.45) is -0.518. The predicted molar refractivity (Wildman–Crippen MR) is 41.5 cm³/mol. The average molecular weight is 150 g/mol. The lowest BCUT2D eigenvalue weighted by Crippen LogP contribution is -2.28. The Morgan fingerprint density at radius 1 is 1.45 bits per heavy atom. The van der Waals surface area contributed by atoms with Crippen molar-refractivity contribution in [3.05, 3.63) is 29.8 Å². The normalized spacial score (nSPS) is 22.9. The molecule has 2 rings (SSSR count). The van der Waals surface area contributed by atoms with Crippen LogP contribution in [0, 0.1) is 0 Å². The van der Waals surface area contributed by atoms with Crippen molar-refractivity contribution >= 4 is 0 Å². The van der Waals surface area contributed by atoms with Gasteiger partial charge >= 0.3 is 0 Å². The molecule has 0 fully saturated rings. The summed E-state index contributed by atoms with van der Waals surface area (Å²) in [4.78, 5) is 0. The molecule has 0 bridgehead atoms. The number of rotatable bonds is 1. The quantitative estimate of drug-likeness (QED) is 0.657. The number of ether oxygens (including phenoxy) is 1. The zero-order valence-electron chi connectivity index (χ0n) is 6.32. The molecule has 0 saturated heterocycles. The lowest BCUT2D eigenvalue weighted by molar-refractivity contribution is 0.0157. The van der Waals surface area contributed by atoms with Crippen molar-refractivity contribution in [3.63, 3.8) is 0 Å². The van der Waals surface area contributed by atoms with Crippen LogP contribution in [0.25, 0.3) is 0 Å². The molecule has 11 heavy (non-hydrogen) atoms. The van der Waals surface area contributed by atoms with E-state index in [1.807, 2.05) is 24.3 Å². The number of fused-ring (bicyclic) bond motifs is 1. The van der Waals surface area contributed by atoms with Crippen LogP contribution < -0.4 is 4.74 Å². The van der Waals surface area contributed by atoms with Crippen molar-refractivity contribution in [1.82, 2.24) is 0 Å². The zero-order chi connectivity index (χ0) is 7.84. The Bertz CT molecular complexity index is 268. The van der Waals surface area contributed by atoms with Crippen LogP contribution in [0.1, 0.15) is 18.6 Å². The van der Waals surface area contributed by atoms with Crippen LogP contribution in [-0.4, -0.2) is 11.2 Å². The van der Waals surface area contributed by atoms with E-state index < -0.39 is 6.10 Å². The van der Waals surface area contributed by atoms with Gasteiger partial charge in [0.05, 0.1) is 6.10 Å². The highest BCUT2D eigenvalue weighted by molar-refractivity contribution is 5.42. The van der Waals surface area contributed by atoms with E-state index in [1.165, 1.54) is 0 Å². The minimum atomic E-state index is -0.412. The largest absolute Gasteiger partial charge is 0.482 e. The summed E-state index contributed by atoms with van der Waals surface area (Å²) in [6, 6.07) is 7.78. The molecule has 2 unspecified atom stereocenters. The number of hydrogen-bond acceptors (Lipinski definition) is 2. The second-order valence-electron chi connectivity index (χ2n) is 2.82. The van der Waals surface area contributed by atoms with Crippen molar-refractivity contribution in [2.45, 2.75) is 19.1 Å². The fourth-order valence-electron chi connectivity index (χ4n) is 1.32. The molecule has 0 spiro atoms. The number of aliphatic hydroxyl groups is 1. The van der Waals surface area contributed by atoms with Gasteiger partial charge in [0, 0.05) is 5.56 Å². The van der Waals surface area contributed by atoms with Gasteiger partial charge in [-0.15, -0.1) is 0 Å². The van der Waals surface area contributed by atoms with Crippen molar-refractivity contribution in [3.8, 4) is 5.75 Å². The van der Waals surface area contributed by atoms with Gasteiger partial charge in [0.1, 0.15) is 5.75 Å². The highest BCUT2D eigenvalue weighted by Gasteiger charge is 2.30. The van der Waals surface area contributed by atoms with E-state index in [0.717, 1.165) is 11.3 Å². The Morgan fingerprint density at radius 3 is 2.82 bits per heavy atom. The number of hydrogen-bond donors (Lipinski definition) is 1. The van der Waals surface area contributed by atoms with Crippen LogP contribution in [0.5, 0.6) is 5.75 Å².